The van der Waals surface area contributed by atoms with Crippen molar-refractivity contribution >= 4 is 23.6 Å². The van der Waals surface area contributed by atoms with Crippen molar-refractivity contribution < 1.29 is 55.7 Å². The Labute approximate surface area is 249 Å². The number of carbonyl (C=O) groups excluding carboxylic acids is 2. The Bertz CT molecular complexity index is 1420. The maximum absolute atomic E-state index is 13.7. The molecule has 0 spiro atoms. The lowest BCUT2D eigenvalue weighted by Gasteiger charge is -2.36. The van der Waals surface area contributed by atoms with E-state index in [1.807, 2.05) is 6.92 Å². The number of hydrogen-bond acceptors (Lipinski definition) is 6. The fourth-order valence-corrected chi connectivity index (χ4v) is 6.21. The van der Waals surface area contributed by atoms with Crippen LogP contribution in [0.5, 0.6) is 0 Å². The first-order valence-corrected chi connectivity index (χ1v) is 14.1. The van der Waals surface area contributed by atoms with Crippen molar-refractivity contribution in [2.45, 2.75) is 71.0 Å². The van der Waals surface area contributed by atoms with Crippen LogP contribution in [-0.4, -0.2) is 39.8 Å². The van der Waals surface area contributed by atoms with Crippen LogP contribution in [0, 0.1) is 17.8 Å². The van der Waals surface area contributed by atoms with E-state index in [4.69, 9.17) is 4.42 Å². The van der Waals surface area contributed by atoms with Crippen LogP contribution >= 0.6 is 0 Å². The molecule has 1 saturated heterocycles. The molecule has 44 heavy (non-hydrogen) atoms. The fraction of sp³-hybridized carbons (Fsp3) is 0.484. The smallest absolute Gasteiger partial charge is 0.416 e. The number of allylic oxidation sites excluding steroid dienone is 2. The molecule has 2 aromatic rings. The summed E-state index contributed by atoms with van der Waals surface area (Å²) in [6, 6.07) is 3.88. The van der Waals surface area contributed by atoms with Crippen LogP contribution in [0.4, 0.5) is 32.0 Å². The quantitative estimate of drug-likeness (QED) is 0.162. The predicted octanol–water partition coefficient (Wildman–Crippen LogP) is 6.27. The second kappa shape index (κ2) is 12.9. The summed E-state index contributed by atoms with van der Waals surface area (Å²) in [5.41, 5.74) is -2.37. The van der Waals surface area contributed by atoms with Crippen LogP contribution in [0.1, 0.15) is 68.6 Å². The number of rotatable bonds is 10. The first kappa shape index (κ1) is 33.5. The van der Waals surface area contributed by atoms with E-state index in [0.717, 1.165) is 5.57 Å². The highest BCUT2D eigenvalue weighted by molar-refractivity contribution is 6.22. The molecule has 2 heterocycles. The monoisotopic (exact) mass is 629 g/mol. The largest absolute Gasteiger partial charge is 0.459 e. The zero-order valence-electron chi connectivity index (χ0n) is 24.0. The zero-order chi connectivity index (χ0) is 32.6. The lowest BCUT2D eigenvalue weighted by atomic mass is 9.67. The van der Waals surface area contributed by atoms with Crippen LogP contribution in [0.3, 0.4) is 0 Å². The van der Waals surface area contributed by atoms with Gasteiger partial charge in [0.25, 0.3) is 0 Å². The van der Waals surface area contributed by atoms with Gasteiger partial charge in [-0.25, -0.2) is 4.90 Å². The predicted molar refractivity (Wildman–Crippen MR) is 147 cm³/mol. The Balaban J connectivity index is 1.66. The third-order valence-corrected chi connectivity index (χ3v) is 8.16. The number of nitrogens with zero attached hydrogens (tertiary/aromatic N) is 1. The molecule has 0 saturated carbocycles. The minimum atomic E-state index is -5.18. The number of carbonyl (C=O) groups is 2. The lowest BCUT2D eigenvalue weighted by Crippen LogP contribution is -2.39. The molecule has 4 rings (SSSR count). The maximum Gasteiger partial charge on any atom is 0.416 e. The van der Waals surface area contributed by atoms with Crippen molar-refractivity contribution in [3.05, 3.63) is 69.7 Å². The Morgan fingerprint density at radius 3 is 2.20 bits per heavy atom. The van der Waals surface area contributed by atoms with E-state index in [2.05, 4.69) is 0 Å². The lowest BCUT2D eigenvalue weighted by molar-refractivity contribution is -0.143. The van der Waals surface area contributed by atoms with Crippen LogP contribution in [0.2, 0.25) is 0 Å². The number of furan rings is 1. The third kappa shape index (κ3) is 6.79. The summed E-state index contributed by atoms with van der Waals surface area (Å²) in [6.07, 6.45) is -8.28. The summed E-state index contributed by atoms with van der Waals surface area (Å²) in [5, 5.41) is 30.9. The third-order valence-electron chi connectivity index (χ3n) is 8.16. The minimum absolute atomic E-state index is 0.0291. The van der Waals surface area contributed by atoms with Crippen molar-refractivity contribution in [2.24, 2.45) is 17.8 Å². The number of anilines is 1. The number of hydrogen-bond donors (Lipinski definition) is 3. The topological polar surface area (TPSA) is 111 Å². The van der Waals surface area contributed by atoms with E-state index in [1.165, 1.54) is 0 Å². The van der Waals surface area contributed by atoms with Crippen molar-refractivity contribution in [3.63, 3.8) is 0 Å². The van der Waals surface area contributed by atoms with Gasteiger partial charge in [-0.3, -0.25) is 9.59 Å². The molecule has 1 aliphatic heterocycles. The average Bonchev–Trinajstić information content (AvgIpc) is 3.51. The van der Waals surface area contributed by atoms with E-state index in [0.29, 0.717) is 59.0 Å². The van der Waals surface area contributed by atoms with Gasteiger partial charge in [0.2, 0.25) is 11.8 Å². The fourth-order valence-electron chi connectivity index (χ4n) is 6.21. The van der Waals surface area contributed by atoms with E-state index in [9.17, 15) is 51.3 Å². The Morgan fingerprint density at radius 2 is 1.68 bits per heavy atom. The van der Waals surface area contributed by atoms with Crippen LogP contribution in [0.15, 0.2) is 51.5 Å². The van der Waals surface area contributed by atoms with Gasteiger partial charge >= 0.3 is 12.4 Å². The molecule has 1 aromatic carbocycles. The molecule has 1 fully saturated rings. The number of aliphatic hydroxyl groups excluding tert-OH is 3. The van der Waals surface area contributed by atoms with E-state index in [1.54, 1.807) is 25.1 Å². The van der Waals surface area contributed by atoms with Crippen molar-refractivity contribution in [1.29, 1.82) is 0 Å². The molecule has 240 valence electrons. The van der Waals surface area contributed by atoms with Crippen LogP contribution in [-0.2, 0) is 28.5 Å². The normalized spacial score (nSPS) is 22.2. The number of halogens is 6. The molecule has 1 aliphatic carbocycles. The summed E-state index contributed by atoms with van der Waals surface area (Å²) in [7, 11) is 0. The molecule has 4 atom stereocenters. The van der Waals surface area contributed by atoms with Gasteiger partial charge in [0, 0.05) is 5.92 Å². The Kier molecular flexibility index (Phi) is 9.81. The second-order valence-electron chi connectivity index (χ2n) is 11.2. The number of fused-ring (bicyclic) bond motifs is 1. The average molecular weight is 630 g/mol. The molecule has 0 radical (unpaired) electrons. The molecule has 2 amide bonds. The van der Waals surface area contributed by atoms with Gasteiger partial charge in [0.05, 0.1) is 41.4 Å². The Morgan fingerprint density at radius 1 is 1.05 bits per heavy atom. The van der Waals surface area contributed by atoms with Gasteiger partial charge in [-0.1, -0.05) is 24.5 Å². The highest BCUT2D eigenvalue weighted by Gasteiger charge is 2.55. The van der Waals surface area contributed by atoms with Gasteiger partial charge in [-0.2, -0.15) is 26.3 Å². The summed E-state index contributed by atoms with van der Waals surface area (Å²) in [6.45, 7) is 2.72. The summed E-state index contributed by atoms with van der Waals surface area (Å²) >= 11 is 0. The van der Waals surface area contributed by atoms with E-state index >= 15 is 0 Å². The highest BCUT2D eigenvalue weighted by Crippen LogP contribution is 2.49. The van der Waals surface area contributed by atoms with Crippen molar-refractivity contribution in [3.8, 4) is 0 Å². The number of alkyl halides is 6. The molecule has 0 unspecified atom stereocenters. The van der Waals surface area contributed by atoms with Gasteiger partial charge in [-0.15, -0.1) is 0 Å². The SMILES string of the molecule is CCCC1=C([C@H](O)CC/C(C)=C/c2ccc(CO)o2)[C@H](CO)[C@@H]2C(=O)N(c3cc(C(F)(F)F)cc(C(F)(F)F)c3)C(=O)[C@@H]2C1. The van der Waals surface area contributed by atoms with Gasteiger partial charge in [-0.05, 0) is 74.6 Å². The molecule has 1 aromatic heterocycles. The maximum atomic E-state index is 13.7. The van der Waals surface area contributed by atoms with Crippen LogP contribution in [0.25, 0.3) is 6.08 Å². The first-order valence-electron chi connectivity index (χ1n) is 14.1. The first-order chi connectivity index (χ1) is 20.6. The molecule has 7 nitrogen and oxygen atoms in total. The minimum Gasteiger partial charge on any atom is -0.459 e. The summed E-state index contributed by atoms with van der Waals surface area (Å²) in [5.74, 6) is -4.57. The summed E-state index contributed by atoms with van der Waals surface area (Å²) in [4.78, 5) is 27.5. The van der Waals surface area contributed by atoms with Crippen LogP contribution < -0.4 is 4.90 Å². The number of imide groups is 1. The van der Waals surface area contributed by atoms with E-state index in [-0.39, 0.29) is 25.5 Å². The molecular formula is C31H33F6NO6. The zero-order valence-corrected chi connectivity index (χ0v) is 24.0. The number of benzene rings is 1. The standard InChI is InChI=1S/C31H33F6NO6/c1-3-4-17-10-23-27(24(15-40)26(17)25(41)8-5-16(2)9-21-6-7-22(14-39)44-21)29(43)38(28(23)42)20-12-18(30(32,33)34)11-19(13-20)31(35,36)37/h6-7,9,11-13,23-25,27,39-41H,3-5,8,10,14-15H2,1-2H3/b16-9+/t23-,24+,25-,27-/m1/s1. The summed E-state index contributed by atoms with van der Waals surface area (Å²) < 4.78 is 86.6. The van der Waals surface area contributed by atoms with Gasteiger partial charge in [0.15, 0.2) is 0 Å². The highest BCUT2D eigenvalue weighted by atomic mass is 19.4. The second-order valence-corrected chi connectivity index (χ2v) is 11.2. The number of aliphatic hydroxyl groups is 3. The molecule has 0 bridgehead atoms. The molecule has 2 aliphatic rings. The van der Waals surface area contributed by atoms with Crippen molar-refractivity contribution in [2.75, 3.05) is 11.5 Å². The molecular weight excluding hydrogens is 596 g/mol. The van der Waals surface area contributed by atoms with E-state index < -0.39 is 71.4 Å². The van der Waals surface area contributed by atoms with Crippen molar-refractivity contribution in [1.82, 2.24) is 0 Å². The van der Waals surface area contributed by atoms with Gasteiger partial charge in [0.1, 0.15) is 18.1 Å². The molecule has 13 heteroatoms. The molecule has 3 N–H and O–H groups in total. The van der Waals surface area contributed by atoms with Gasteiger partial charge < -0.3 is 19.7 Å². The Hall–Kier alpha value is -3.42. The number of amides is 2.